The predicted octanol–water partition coefficient (Wildman–Crippen LogP) is 1.92. The quantitative estimate of drug-likeness (QED) is 0.728. The minimum Gasteiger partial charge on any atom is -0.372 e. The van der Waals surface area contributed by atoms with Gasteiger partial charge >= 0.3 is 0 Å². The lowest BCUT2D eigenvalue weighted by Gasteiger charge is -2.30. The first-order valence-corrected chi connectivity index (χ1v) is 10.0. The number of rotatable bonds is 4. The van der Waals surface area contributed by atoms with E-state index in [1.54, 1.807) is 36.9 Å². The molecule has 3 aromatic heterocycles. The Labute approximate surface area is 155 Å². The number of fused-ring (bicyclic) bond motifs is 1. The number of nitrogens with one attached hydrogen (secondary N) is 1. The molecule has 0 aliphatic carbocycles. The van der Waals surface area contributed by atoms with Gasteiger partial charge in [0.25, 0.3) is 10.0 Å². The summed E-state index contributed by atoms with van der Waals surface area (Å²) in [4.78, 5) is 8.21. The van der Waals surface area contributed by atoms with Gasteiger partial charge in [-0.2, -0.15) is 0 Å². The van der Waals surface area contributed by atoms with Crippen LogP contribution in [0.2, 0.25) is 5.15 Å². The van der Waals surface area contributed by atoms with Crippen LogP contribution in [0.1, 0.15) is 24.6 Å². The van der Waals surface area contributed by atoms with E-state index in [4.69, 9.17) is 16.3 Å². The molecule has 1 aliphatic rings. The molecular formula is C16H18ClN5O3S. The molecule has 0 amide bonds. The number of aromatic nitrogens is 4. The predicted molar refractivity (Wildman–Crippen MR) is 95.4 cm³/mol. The molecule has 1 saturated heterocycles. The lowest BCUT2D eigenvalue weighted by Crippen LogP contribution is -2.40. The molecule has 0 bridgehead atoms. The molecule has 0 spiro atoms. The Morgan fingerprint density at radius 1 is 1.38 bits per heavy atom. The van der Waals surface area contributed by atoms with Gasteiger partial charge in [0.05, 0.1) is 18.2 Å². The van der Waals surface area contributed by atoms with Crippen molar-refractivity contribution < 1.29 is 13.2 Å². The van der Waals surface area contributed by atoms with Crippen LogP contribution in [0, 0.1) is 0 Å². The third-order valence-corrected chi connectivity index (χ3v) is 6.41. The fourth-order valence-corrected chi connectivity index (χ4v) is 5.18. The number of ether oxygens (including phenoxy) is 1. The third kappa shape index (κ3) is 3.11. The van der Waals surface area contributed by atoms with Gasteiger partial charge in [-0.05, 0) is 25.0 Å². The van der Waals surface area contributed by atoms with Crippen LogP contribution in [0.4, 0.5) is 0 Å². The van der Waals surface area contributed by atoms with E-state index in [9.17, 15) is 8.42 Å². The highest BCUT2D eigenvalue weighted by Gasteiger charge is 2.32. The first-order chi connectivity index (χ1) is 12.5. The molecule has 138 valence electrons. The van der Waals surface area contributed by atoms with Crippen LogP contribution in [0.25, 0.3) is 5.65 Å². The summed E-state index contributed by atoms with van der Waals surface area (Å²) in [7, 11) is -1.95. The fraction of sp³-hybridized carbons (Fsp3) is 0.375. The Balaban J connectivity index is 1.59. The second-order valence-electron chi connectivity index (χ2n) is 6.27. The number of hydrogen-bond donors (Lipinski definition) is 1. The first-order valence-electron chi connectivity index (χ1n) is 8.18. The van der Waals surface area contributed by atoms with Crippen molar-refractivity contribution >= 4 is 27.3 Å². The van der Waals surface area contributed by atoms with Gasteiger partial charge in [-0.1, -0.05) is 17.7 Å². The summed E-state index contributed by atoms with van der Waals surface area (Å²) in [6, 6.07) is 4.95. The van der Waals surface area contributed by atoms with E-state index in [0.717, 1.165) is 5.69 Å². The van der Waals surface area contributed by atoms with Gasteiger partial charge in [0, 0.05) is 25.9 Å². The zero-order valence-electron chi connectivity index (χ0n) is 14.0. The van der Waals surface area contributed by atoms with Crippen LogP contribution < -0.4 is 4.72 Å². The molecule has 1 N–H and O–H groups in total. The van der Waals surface area contributed by atoms with Crippen molar-refractivity contribution in [2.24, 2.45) is 7.05 Å². The summed E-state index contributed by atoms with van der Waals surface area (Å²) in [5.74, 6) is 0. The van der Waals surface area contributed by atoms with E-state index in [1.165, 1.54) is 4.40 Å². The molecule has 0 radical (unpaired) electrons. The number of hydrogen-bond acceptors (Lipinski definition) is 5. The van der Waals surface area contributed by atoms with Crippen molar-refractivity contribution in [3.05, 3.63) is 47.8 Å². The van der Waals surface area contributed by atoms with E-state index in [0.29, 0.717) is 25.1 Å². The molecule has 1 fully saturated rings. The molecule has 8 nitrogen and oxygen atoms in total. The number of sulfonamides is 1. The summed E-state index contributed by atoms with van der Waals surface area (Å²) in [5, 5.41) is -0.0858. The van der Waals surface area contributed by atoms with Crippen LogP contribution in [-0.4, -0.2) is 40.0 Å². The Kier molecular flexibility index (Phi) is 4.47. The van der Waals surface area contributed by atoms with Crippen LogP contribution in [0.3, 0.4) is 0 Å². The Morgan fingerprint density at radius 2 is 2.23 bits per heavy atom. The van der Waals surface area contributed by atoms with Gasteiger partial charge in [-0.25, -0.2) is 23.1 Å². The Bertz CT molecular complexity index is 1050. The second kappa shape index (κ2) is 6.66. The monoisotopic (exact) mass is 395 g/mol. The molecule has 0 aromatic carbocycles. The normalized spacial score (nSPS) is 21.3. The molecule has 26 heavy (non-hydrogen) atoms. The molecule has 2 atom stereocenters. The second-order valence-corrected chi connectivity index (χ2v) is 8.26. The summed E-state index contributed by atoms with van der Waals surface area (Å²) in [6.45, 7) is 0.462. The smallest absolute Gasteiger partial charge is 0.260 e. The van der Waals surface area contributed by atoms with Gasteiger partial charge in [0.2, 0.25) is 0 Å². The standard InChI is InChI=1S/C16H18ClN5O3S/c1-21-10-18-9-12(21)13-8-11(5-7-25-13)20-26(23,24)16-15(17)19-14-4-2-3-6-22(14)16/h2-4,6,9-11,13,20H,5,7-8H2,1H3/t11-,13-/m1/s1. The van der Waals surface area contributed by atoms with Crippen molar-refractivity contribution in [1.29, 1.82) is 0 Å². The lowest BCUT2D eigenvalue weighted by molar-refractivity contribution is -0.0000550. The summed E-state index contributed by atoms with van der Waals surface area (Å²) < 4.78 is 37.8. The minimum atomic E-state index is -3.84. The van der Waals surface area contributed by atoms with Crippen LogP contribution in [0.5, 0.6) is 0 Å². The highest BCUT2D eigenvalue weighted by atomic mass is 35.5. The van der Waals surface area contributed by atoms with E-state index in [1.807, 2.05) is 11.6 Å². The third-order valence-electron chi connectivity index (χ3n) is 4.49. The van der Waals surface area contributed by atoms with Gasteiger partial charge in [0.1, 0.15) is 11.8 Å². The topological polar surface area (TPSA) is 90.5 Å². The maximum absolute atomic E-state index is 12.9. The average molecular weight is 396 g/mol. The van der Waals surface area contributed by atoms with Crippen molar-refractivity contribution in [2.45, 2.75) is 30.0 Å². The van der Waals surface area contributed by atoms with Crippen molar-refractivity contribution in [3.8, 4) is 0 Å². The van der Waals surface area contributed by atoms with Crippen LogP contribution in [-0.2, 0) is 21.8 Å². The van der Waals surface area contributed by atoms with E-state index >= 15 is 0 Å². The highest BCUT2D eigenvalue weighted by Crippen LogP contribution is 2.29. The number of nitrogens with zero attached hydrogens (tertiary/aromatic N) is 4. The number of imidazole rings is 2. The lowest BCUT2D eigenvalue weighted by atomic mass is 10.0. The van der Waals surface area contributed by atoms with E-state index < -0.39 is 10.0 Å². The van der Waals surface area contributed by atoms with Gasteiger partial charge in [0.15, 0.2) is 10.2 Å². The summed E-state index contributed by atoms with van der Waals surface area (Å²) in [5.41, 5.74) is 1.40. The molecular weight excluding hydrogens is 378 g/mol. The maximum Gasteiger partial charge on any atom is 0.260 e. The van der Waals surface area contributed by atoms with E-state index in [-0.39, 0.29) is 22.3 Å². The maximum atomic E-state index is 12.9. The molecule has 0 saturated carbocycles. The molecule has 1 aliphatic heterocycles. The van der Waals surface area contributed by atoms with Crippen molar-refractivity contribution in [3.63, 3.8) is 0 Å². The van der Waals surface area contributed by atoms with Crippen molar-refractivity contribution in [2.75, 3.05) is 6.61 Å². The molecule has 4 heterocycles. The zero-order chi connectivity index (χ0) is 18.3. The van der Waals surface area contributed by atoms with Gasteiger partial charge in [-0.15, -0.1) is 0 Å². The highest BCUT2D eigenvalue weighted by molar-refractivity contribution is 7.89. The van der Waals surface area contributed by atoms with Crippen LogP contribution in [0.15, 0.2) is 41.9 Å². The van der Waals surface area contributed by atoms with Gasteiger partial charge in [-0.3, -0.25) is 4.40 Å². The SMILES string of the molecule is Cn1cncc1[C@H]1C[C@H](NS(=O)(=O)c2c(Cl)nc3ccccn23)CCO1. The minimum absolute atomic E-state index is 0.0426. The summed E-state index contributed by atoms with van der Waals surface area (Å²) in [6.07, 6.45) is 5.97. The zero-order valence-corrected chi connectivity index (χ0v) is 15.6. The molecule has 4 rings (SSSR count). The fourth-order valence-electron chi connectivity index (χ4n) is 3.25. The molecule has 0 unspecified atom stereocenters. The van der Waals surface area contributed by atoms with Crippen LogP contribution >= 0.6 is 11.6 Å². The Hall–Kier alpha value is -1.94. The number of aryl methyl sites for hydroxylation is 1. The largest absolute Gasteiger partial charge is 0.372 e. The summed E-state index contributed by atoms with van der Waals surface area (Å²) >= 11 is 6.11. The number of pyridine rings is 1. The Morgan fingerprint density at radius 3 is 3.00 bits per heavy atom. The molecule has 3 aromatic rings. The average Bonchev–Trinajstić information content (AvgIpc) is 3.17. The van der Waals surface area contributed by atoms with E-state index in [2.05, 4.69) is 14.7 Å². The van der Waals surface area contributed by atoms with Gasteiger partial charge < -0.3 is 9.30 Å². The first kappa shape index (κ1) is 17.5. The number of halogens is 1. The van der Waals surface area contributed by atoms with Crippen molar-refractivity contribution in [1.82, 2.24) is 23.7 Å². The molecule has 10 heteroatoms.